The Morgan fingerprint density at radius 2 is 1.65 bits per heavy atom. The molecule has 6 nitrogen and oxygen atoms in total. The van der Waals surface area contributed by atoms with Gasteiger partial charge in [-0.25, -0.2) is 9.59 Å². The first-order valence-electron chi connectivity index (χ1n) is 7.81. The molecule has 0 fully saturated rings. The lowest BCUT2D eigenvalue weighted by Crippen LogP contribution is -2.39. The Hall–Kier alpha value is -2.29. The highest BCUT2D eigenvalue weighted by Crippen LogP contribution is 2.22. The number of alkyl halides is 3. The fraction of sp³-hybridized carbons (Fsp3) is 0.529. The van der Waals surface area contributed by atoms with Gasteiger partial charge in [-0.15, -0.1) is 0 Å². The van der Waals surface area contributed by atoms with Crippen LogP contribution in [0, 0.1) is 0 Å². The molecule has 0 amide bonds. The molecule has 0 aliphatic rings. The molecule has 1 unspecified atom stereocenters. The number of carboxylic acids is 1. The molecule has 1 rings (SSSR count). The van der Waals surface area contributed by atoms with Crippen LogP contribution in [0.4, 0.5) is 13.2 Å². The number of aliphatic carboxylic acids is 1. The van der Waals surface area contributed by atoms with E-state index in [9.17, 15) is 18.0 Å². The van der Waals surface area contributed by atoms with Gasteiger partial charge in [-0.05, 0) is 50.9 Å². The topological polar surface area (TPSA) is 98.9 Å². The van der Waals surface area contributed by atoms with Gasteiger partial charge >= 0.3 is 18.1 Å². The van der Waals surface area contributed by atoms with Gasteiger partial charge in [-0.3, -0.25) is 0 Å². The van der Waals surface area contributed by atoms with Crippen LogP contribution in [0.25, 0.3) is 0 Å². The van der Waals surface area contributed by atoms with Gasteiger partial charge in [0.1, 0.15) is 5.75 Å². The number of carboxylic acid groups (broad SMARTS) is 1. The summed E-state index contributed by atoms with van der Waals surface area (Å²) in [6.07, 6.45) is -5.08. The van der Waals surface area contributed by atoms with Crippen LogP contribution < -0.4 is 10.5 Å². The summed E-state index contributed by atoms with van der Waals surface area (Å²) in [6.45, 7) is 8.19. The first-order valence-corrected chi connectivity index (χ1v) is 7.81. The molecule has 9 heteroatoms. The molecule has 1 atom stereocenters. The van der Waals surface area contributed by atoms with E-state index in [0.29, 0.717) is 24.8 Å². The van der Waals surface area contributed by atoms with Gasteiger partial charge in [0.05, 0.1) is 6.61 Å². The van der Waals surface area contributed by atoms with Crippen molar-refractivity contribution in [1.29, 1.82) is 0 Å². The predicted octanol–water partition coefficient (Wildman–Crippen LogP) is 3.10. The third kappa shape index (κ3) is 8.19. The van der Waals surface area contributed by atoms with E-state index in [4.69, 9.17) is 25.1 Å². The number of benzene rings is 1. The number of carbonyl (C=O) groups excluding carboxylic acids is 1. The molecule has 0 spiro atoms. The van der Waals surface area contributed by atoms with Crippen LogP contribution in [-0.2, 0) is 14.3 Å². The van der Waals surface area contributed by atoms with E-state index in [0.717, 1.165) is 5.56 Å². The SMILES string of the molecule is CCOC(=O)C(C)(C)Oc1ccc(C(C)CN)cc1.O=C(O)C(F)(F)F. The third-order valence-corrected chi connectivity index (χ3v) is 3.19. The number of halogens is 3. The highest BCUT2D eigenvalue weighted by atomic mass is 19.4. The zero-order chi connectivity index (χ0) is 20.5. The lowest BCUT2D eigenvalue weighted by Gasteiger charge is -2.24. The fourth-order valence-electron chi connectivity index (χ4n) is 1.64. The summed E-state index contributed by atoms with van der Waals surface area (Å²) in [5.41, 5.74) is 5.79. The highest BCUT2D eigenvalue weighted by molar-refractivity contribution is 5.79. The number of hydrogen-bond donors (Lipinski definition) is 2. The van der Waals surface area contributed by atoms with Crippen molar-refractivity contribution < 1.29 is 37.3 Å². The molecule has 0 aromatic heterocycles. The first kappa shape index (κ1) is 23.7. The first-order chi connectivity index (χ1) is 11.8. The Kier molecular flexibility index (Phi) is 9.12. The average molecular weight is 379 g/mol. The second kappa shape index (κ2) is 10.0. The van der Waals surface area contributed by atoms with Crippen molar-refractivity contribution in [3.63, 3.8) is 0 Å². The largest absolute Gasteiger partial charge is 0.490 e. The van der Waals surface area contributed by atoms with Gasteiger partial charge in [-0.1, -0.05) is 19.1 Å². The Morgan fingerprint density at radius 1 is 1.19 bits per heavy atom. The Labute approximate surface area is 150 Å². The van der Waals surface area contributed by atoms with E-state index >= 15 is 0 Å². The molecule has 0 saturated carbocycles. The van der Waals surface area contributed by atoms with Gasteiger partial charge in [0.25, 0.3) is 0 Å². The maximum atomic E-state index is 11.7. The number of nitrogens with two attached hydrogens (primary N) is 1. The highest BCUT2D eigenvalue weighted by Gasteiger charge is 2.38. The zero-order valence-corrected chi connectivity index (χ0v) is 15.1. The number of ether oxygens (including phenoxy) is 2. The van der Waals surface area contributed by atoms with Crippen LogP contribution in [-0.4, -0.2) is 42.0 Å². The van der Waals surface area contributed by atoms with Crippen LogP contribution in [0.15, 0.2) is 24.3 Å². The van der Waals surface area contributed by atoms with Crippen molar-refractivity contribution in [1.82, 2.24) is 0 Å². The molecule has 0 saturated heterocycles. The van der Waals surface area contributed by atoms with Crippen molar-refractivity contribution in [2.45, 2.75) is 45.4 Å². The van der Waals surface area contributed by atoms with Crippen LogP contribution in [0.5, 0.6) is 5.75 Å². The summed E-state index contributed by atoms with van der Waals surface area (Å²) in [5.74, 6) is -2.17. The normalized spacial score (nSPS) is 12.5. The van der Waals surface area contributed by atoms with Gasteiger partial charge < -0.3 is 20.3 Å². The molecule has 0 aliphatic heterocycles. The molecule has 3 N–H and O–H groups in total. The smallest absolute Gasteiger partial charge is 0.476 e. The monoisotopic (exact) mass is 379 g/mol. The van der Waals surface area contributed by atoms with E-state index in [1.807, 2.05) is 24.3 Å². The standard InChI is InChI=1S/C15H23NO3.C2HF3O2/c1-5-18-14(17)15(3,4)19-13-8-6-12(7-9-13)11(2)10-16;3-2(4,5)1(6)7/h6-9,11H,5,10,16H2,1-4H3;(H,6,7). The van der Waals surface area contributed by atoms with Crippen LogP contribution in [0.2, 0.25) is 0 Å². The second-order valence-electron chi connectivity index (χ2n) is 5.84. The Balaban J connectivity index is 0.000000758. The minimum atomic E-state index is -5.08. The molecule has 0 radical (unpaired) electrons. The van der Waals surface area contributed by atoms with Crippen LogP contribution in [0.1, 0.15) is 39.2 Å². The molecule has 0 bridgehead atoms. The van der Waals surface area contributed by atoms with E-state index in [1.165, 1.54) is 0 Å². The Bertz CT molecular complexity index is 585. The molecular formula is C17H24F3NO5. The summed E-state index contributed by atoms with van der Waals surface area (Å²) < 4.78 is 42.4. The molecule has 0 aliphatic carbocycles. The lowest BCUT2D eigenvalue weighted by molar-refractivity contribution is -0.192. The minimum absolute atomic E-state index is 0.312. The summed E-state index contributed by atoms with van der Waals surface area (Å²) in [5, 5.41) is 7.12. The van der Waals surface area contributed by atoms with Gasteiger partial charge in [0, 0.05) is 0 Å². The minimum Gasteiger partial charge on any atom is -0.476 e. The van der Waals surface area contributed by atoms with Crippen LogP contribution in [0.3, 0.4) is 0 Å². The molecule has 26 heavy (non-hydrogen) atoms. The van der Waals surface area contributed by atoms with E-state index in [-0.39, 0.29) is 5.97 Å². The molecule has 1 aromatic carbocycles. The Morgan fingerprint density at radius 3 is 2.00 bits per heavy atom. The summed E-state index contributed by atoms with van der Waals surface area (Å²) >= 11 is 0. The summed E-state index contributed by atoms with van der Waals surface area (Å²) in [4.78, 5) is 20.6. The van der Waals surface area contributed by atoms with Crippen molar-refractivity contribution in [3.05, 3.63) is 29.8 Å². The summed E-state index contributed by atoms with van der Waals surface area (Å²) in [7, 11) is 0. The fourth-order valence-corrected chi connectivity index (χ4v) is 1.64. The van der Waals surface area contributed by atoms with Crippen molar-refractivity contribution >= 4 is 11.9 Å². The number of rotatable bonds is 6. The summed E-state index contributed by atoms with van der Waals surface area (Å²) in [6, 6.07) is 7.63. The molecule has 148 valence electrons. The molecule has 1 aromatic rings. The number of hydrogen-bond acceptors (Lipinski definition) is 5. The zero-order valence-electron chi connectivity index (χ0n) is 15.1. The predicted molar refractivity (Wildman–Crippen MR) is 88.9 cm³/mol. The van der Waals surface area contributed by atoms with Gasteiger partial charge in [-0.2, -0.15) is 13.2 Å². The van der Waals surface area contributed by atoms with Gasteiger partial charge in [0.2, 0.25) is 0 Å². The molecule has 0 heterocycles. The quantitative estimate of drug-likeness (QED) is 0.737. The average Bonchev–Trinajstić information content (AvgIpc) is 2.54. The van der Waals surface area contributed by atoms with Crippen molar-refractivity contribution in [2.24, 2.45) is 5.73 Å². The van der Waals surface area contributed by atoms with Gasteiger partial charge in [0.15, 0.2) is 5.60 Å². The number of esters is 1. The third-order valence-electron chi connectivity index (χ3n) is 3.19. The maximum absolute atomic E-state index is 11.7. The number of carbonyl (C=O) groups is 2. The van der Waals surface area contributed by atoms with E-state index < -0.39 is 17.7 Å². The lowest BCUT2D eigenvalue weighted by atomic mass is 10.0. The van der Waals surface area contributed by atoms with Crippen LogP contribution >= 0.6 is 0 Å². The van der Waals surface area contributed by atoms with E-state index in [2.05, 4.69) is 6.92 Å². The second-order valence-corrected chi connectivity index (χ2v) is 5.84. The van der Waals surface area contributed by atoms with Crippen molar-refractivity contribution in [3.8, 4) is 5.75 Å². The van der Waals surface area contributed by atoms with Crippen molar-refractivity contribution in [2.75, 3.05) is 13.2 Å². The maximum Gasteiger partial charge on any atom is 0.490 e. The molecular weight excluding hydrogens is 355 g/mol. The van der Waals surface area contributed by atoms with E-state index in [1.54, 1.807) is 20.8 Å².